The number of rotatable bonds is 11. The van der Waals surface area contributed by atoms with Gasteiger partial charge in [-0.05, 0) is 36.4 Å². The van der Waals surface area contributed by atoms with E-state index in [-0.39, 0.29) is 19.1 Å². The van der Waals surface area contributed by atoms with Crippen LogP contribution in [-0.4, -0.2) is 44.5 Å². The molecule has 2 aromatic carbocycles. The molecule has 0 radical (unpaired) electrons. The van der Waals surface area contributed by atoms with Gasteiger partial charge in [0.25, 0.3) is 5.91 Å². The van der Waals surface area contributed by atoms with Gasteiger partial charge in [0.15, 0.2) is 24.7 Å². The summed E-state index contributed by atoms with van der Waals surface area (Å²) in [6, 6.07) is 17.1. The molecule has 0 spiro atoms. The summed E-state index contributed by atoms with van der Waals surface area (Å²) in [6.45, 7) is -0.0742. The predicted molar refractivity (Wildman–Crippen MR) is 104 cm³/mol. The van der Waals surface area contributed by atoms with Gasteiger partial charge in [0.1, 0.15) is 0 Å². The fraction of sp³-hybridized carbons (Fsp3) is 0.300. The monoisotopic (exact) mass is 389 g/mol. The molecule has 0 unspecified atom stereocenters. The minimum atomic E-state index is -0.615. The van der Waals surface area contributed by atoms with Gasteiger partial charge in [0.05, 0.1) is 7.11 Å². The molecule has 7 heteroatoms. The van der Waals surface area contributed by atoms with Crippen molar-refractivity contribution in [1.82, 2.24) is 5.32 Å². The van der Waals surface area contributed by atoms with E-state index < -0.39 is 5.97 Å². The molecule has 2 rings (SSSR count). The Morgan fingerprint density at radius 2 is 1.67 bits per heavy atom. The minimum Gasteiger partial charge on any atom is -0.493 e. The van der Waals surface area contributed by atoms with Gasteiger partial charge in [-0.25, -0.2) is 4.79 Å². The molecule has 2 aromatic rings. The standard InChI is InChI=1S/C20H23NO5S/c1-24-17-10-5-6-11-18(17)25-15-20(23)26-14-19(22)21-12-7-13-27-16-8-3-2-4-9-16/h2-6,8-11H,7,12-15H2,1H3,(H,21,22). The number of carbonyl (C=O) groups is 2. The van der Waals surface area contributed by atoms with Gasteiger partial charge in [-0.2, -0.15) is 0 Å². The Morgan fingerprint density at radius 1 is 0.963 bits per heavy atom. The van der Waals surface area contributed by atoms with E-state index in [4.69, 9.17) is 14.2 Å². The molecule has 0 aliphatic rings. The quantitative estimate of drug-likeness (QED) is 0.362. The highest BCUT2D eigenvalue weighted by Crippen LogP contribution is 2.25. The van der Waals surface area contributed by atoms with E-state index in [1.807, 2.05) is 18.2 Å². The molecule has 1 N–H and O–H groups in total. The van der Waals surface area contributed by atoms with Gasteiger partial charge in [0.2, 0.25) is 0 Å². The third kappa shape index (κ3) is 8.04. The SMILES string of the molecule is COc1ccccc1OCC(=O)OCC(=O)NCCCSc1ccccc1. The van der Waals surface area contributed by atoms with Crippen molar-refractivity contribution in [2.75, 3.05) is 32.6 Å². The second kappa shape index (κ2) is 11.9. The van der Waals surface area contributed by atoms with Crippen LogP contribution >= 0.6 is 11.8 Å². The zero-order chi connectivity index (χ0) is 19.3. The predicted octanol–water partition coefficient (Wildman–Crippen LogP) is 2.92. The van der Waals surface area contributed by atoms with E-state index >= 15 is 0 Å². The highest BCUT2D eigenvalue weighted by molar-refractivity contribution is 7.99. The highest BCUT2D eigenvalue weighted by Gasteiger charge is 2.10. The van der Waals surface area contributed by atoms with Gasteiger partial charge in [-0.15, -0.1) is 11.8 Å². The fourth-order valence-electron chi connectivity index (χ4n) is 2.12. The Labute approximate surface area is 163 Å². The fourth-order valence-corrected chi connectivity index (χ4v) is 2.99. The smallest absolute Gasteiger partial charge is 0.344 e. The van der Waals surface area contributed by atoms with E-state index in [2.05, 4.69) is 17.4 Å². The first-order valence-electron chi connectivity index (χ1n) is 8.55. The number of hydrogen-bond donors (Lipinski definition) is 1. The molecule has 144 valence electrons. The van der Waals surface area contributed by atoms with E-state index in [0.29, 0.717) is 18.0 Å². The Bertz CT molecular complexity index is 723. The number of thioether (sulfide) groups is 1. The molecule has 0 bridgehead atoms. The van der Waals surface area contributed by atoms with Crippen molar-refractivity contribution in [3.63, 3.8) is 0 Å². The normalized spacial score (nSPS) is 10.1. The zero-order valence-corrected chi connectivity index (χ0v) is 16.0. The molecule has 0 atom stereocenters. The van der Waals surface area contributed by atoms with Crippen molar-refractivity contribution in [1.29, 1.82) is 0 Å². The van der Waals surface area contributed by atoms with Crippen LogP contribution in [0.1, 0.15) is 6.42 Å². The first-order valence-corrected chi connectivity index (χ1v) is 9.53. The molecule has 0 aliphatic carbocycles. The Kier molecular flexibility index (Phi) is 9.06. The number of nitrogens with one attached hydrogen (secondary N) is 1. The van der Waals surface area contributed by atoms with Crippen LogP contribution in [0.25, 0.3) is 0 Å². The van der Waals surface area contributed by atoms with Gasteiger partial charge < -0.3 is 19.5 Å². The maximum absolute atomic E-state index is 11.7. The molecular weight excluding hydrogens is 366 g/mol. The number of amides is 1. The molecule has 0 aliphatic heterocycles. The maximum Gasteiger partial charge on any atom is 0.344 e. The molecule has 0 saturated carbocycles. The maximum atomic E-state index is 11.7. The first-order chi connectivity index (χ1) is 13.2. The van der Waals surface area contributed by atoms with Crippen LogP contribution in [0.4, 0.5) is 0 Å². The van der Waals surface area contributed by atoms with E-state index in [1.165, 1.54) is 12.0 Å². The zero-order valence-electron chi connectivity index (χ0n) is 15.2. The van der Waals surface area contributed by atoms with Gasteiger partial charge in [-0.3, -0.25) is 4.79 Å². The third-order valence-electron chi connectivity index (χ3n) is 3.43. The van der Waals surface area contributed by atoms with E-state index in [9.17, 15) is 9.59 Å². The van der Waals surface area contributed by atoms with Crippen LogP contribution in [0.3, 0.4) is 0 Å². The van der Waals surface area contributed by atoms with Crippen molar-refractivity contribution in [3.8, 4) is 11.5 Å². The van der Waals surface area contributed by atoms with Gasteiger partial charge >= 0.3 is 5.97 Å². The summed E-state index contributed by atoms with van der Waals surface area (Å²) < 4.78 is 15.4. The number of ether oxygens (including phenoxy) is 3. The first kappa shape index (κ1) is 20.6. The van der Waals surface area contributed by atoms with Crippen molar-refractivity contribution in [2.45, 2.75) is 11.3 Å². The summed E-state index contributed by atoms with van der Waals surface area (Å²) in [4.78, 5) is 24.6. The lowest BCUT2D eigenvalue weighted by atomic mass is 10.3. The number of para-hydroxylation sites is 2. The summed E-state index contributed by atoms with van der Waals surface area (Å²) in [5.41, 5.74) is 0. The number of hydrogen-bond acceptors (Lipinski definition) is 6. The van der Waals surface area contributed by atoms with Crippen molar-refractivity contribution >= 4 is 23.6 Å². The average Bonchev–Trinajstić information content (AvgIpc) is 2.71. The lowest BCUT2D eigenvalue weighted by Crippen LogP contribution is -2.30. The molecular formula is C20H23NO5S. The molecule has 0 fully saturated rings. The van der Waals surface area contributed by atoms with Crippen molar-refractivity contribution in [3.05, 3.63) is 54.6 Å². The van der Waals surface area contributed by atoms with Crippen LogP contribution in [0, 0.1) is 0 Å². The number of benzene rings is 2. The van der Waals surface area contributed by atoms with Crippen LogP contribution in [0.15, 0.2) is 59.5 Å². The lowest BCUT2D eigenvalue weighted by Gasteiger charge is -2.10. The van der Waals surface area contributed by atoms with E-state index in [0.717, 1.165) is 12.2 Å². The van der Waals surface area contributed by atoms with Gasteiger partial charge in [-0.1, -0.05) is 30.3 Å². The molecule has 27 heavy (non-hydrogen) atoms. The summed E-state index contributed by atoms with van der Waals surface area (Å²) in [5.74, 6) is 0.923. The molecule has 0 saturated heterocycles. The molecule has 1 amide bonds. The van der Waals surface area contributed by atoms with Gasteiger partial charge in [0, 0.05) is 11.4 Å². The van der Waals surface area contributed by atoms with Crippen molar-refractivity contribution < 1.29 is 23.8 Å². The summed E-state index contributed by atoms with van der Waals surface area (Å²) >= 11 is 1.73. The largest absolute Gasteiger partial charge is 0.493 e. The third-order valence-corrected chi connectivity index (χ3v) is 4.53. The Morgan fingerprint density at radius 3 is 2.41 bits per heavy atom. The second-order valence-electron chi connectivity index (χ2n) is 5.47. The summed E-state index contributed by atoms with van der Waals surface area (Å²) in [6.07, 6.45) is 0.830. The topological polar surface area (TPSA) is 73.9 Å². The molecule has 0 aromatic heterocycles. The summed E-state index contributed by atoms with van der Waals surface area (Å²) in [5, 5.41) is 2.73. The molecule has 6 nitrogen and oxygen atoms in total. The summed E-state index contributed by atoms with van der Waals surface area (Å²) in [7, 11) is 1.52. The Hall–Kier alpha value is -2.67. The Balaban J connectivity index is 1.55. The van der Waals surface area contributed by atoms with Crippen LogP contribution in [0.2, 0.25) is 0 Å². The van der Waals surface area contributed by atoms with Crippen LogP contribution in [0.5, 0.6) is 11.5 Å². The van der Waals surface area contributed by atoms with Crippen LogP contribution in [-0.2, 0) is 14.3 Å². The number of carbonyl (C=O) groups excluding carboxylic acids is 2. The number of esters is 1. The average molecular weight is 389 g/mol. The minimum absolute atomic E-state index is 0.290. The highest BCUT2D eigenvalue weighted by atomic mass is 32.2. The molecule has 0 heterocycles. The number of methoxy groups -OCH3 is 1. The van der Waals surface area contributed by atoms with Crippen molar-refractivity contribution in [2.24, 2.45) is 0 Å². The van der Waals surface area contributed by atoms with E-state index in [1.54, 1.807) is 36.0 Å². The van der Waals surface area contributed by atoms with Crippen LogP contribution < -0.4 is 14.8 Å². The second-order valence-corrected chi connectivity index (χ2v) is 6.63. The lowest BCUT2D eigenvalue weighted by molar-refractivity contribution is -0.150.